The smallest absolute Gasteiger partial charge is 0.309 e. The van der Waals surface area contributed by atoms with Crippen LogP contribution in [-0.2, 0) is 10.1 Å². The molecule has 3 rings (SSSR count). The lowest BCUT2D eigenvalue weighted by molar-refractivity contribution is -0.510. The maximum absolute atomic E-state index is 10.8. The van der Waals surface area contributed by atoms with Gasteiger partial charge in [-0.3, -0.25) is 5.84 Å². The van der Waals surface area contributed by atoms with Crippen LogP contribution in [-0.4, -0.2) is 17.6 Å². The van der Waals surface area contributed by atoms with Gasteiger partial charge in [0.25, 0.3) is 0 Å². The number of rotatable bonds is 1. The van der Waals surface area contributed by atoms with Gasteiger partial charge < -0.3 is 4.55 Å². The Bertz CT molecular complexity index is 968. The standard InChI is InChI=1S/C9H12O3S.C8H10N3/c1-6-4-7(2)9(8(3)5-6)13(10,11)12;1-7-6-10-5-3-2-4-8(10)11(7)9/h4-5H,1-3H3,(H,10,11,12);2-6H,9H2,1H3/q;+1/p-1. The fraction of sp³-hybridized carbons (Fsp3) is 0.235. The molecule has 0 radical (unpaired) electrons. The average Bonchev–Trinajstić information content (AvgIpc) is 2.72. The summed E-state index contributed by atoms with van der Waals surface area (Å²) in [4.78, 5) is -0.0851. The molecule has 2 aromatic heterocycles. The van der Waals surface area contributed by atoms with Crippen LogP contribution < -0.4 is 10.2 Å². The van der Waals surface area contributed by atoms with E-state index in [0.717, 1.165) is 16.9 Å². The van der Waals surface area contributed by atoms with Crippen molar-refractivity contribution in [1.82, 2.24) is 4.68 Å². The van der Waals surface area contributed by atoms with E-state index in [1.165, 1.54) is 0 Å². The molecule has 0 atom stereocenters. The summed E-state index contributed by atoms with van der Waals surface area (Å²) >= 11 is 0. The maximum atomic E-state index is 10.8. The van der Waals surface area contributed by atoms with Crippen molar-refractivity contribution in [3.05, 3.63) is 65.1 Å². The Morgan fingerprint density at radius 2 is 1.67 bits per heavy atom. The van der Waals surface area contributed by atoms with Crippen LogP contribution >= 0.6 is 0 Å². The van der Waals surface area contributed by atoms with Crippen LogP contribution in [0.4, 0.5) is 0 Å². The molecule has 0 bridgehead atoms. The molecule has 0 saturated carbocycles. The number of hydrogen-bond acceptors (Lipinski definition) is 4. The second kappa shape index (κ2) is 6.62. The minimum Gasteiger partial charge on any atom is -0.744 e. The first-order valence-corrected chi connectivity index (χ1v) is 8.79. The minimum absolute atomic E-state index is 0.0851. The van der Waals surface area contributed by atoms with Crippen LogP contribution in [0.3, 0.4) is 0 Å². The Kier molecular flexibility index (Phi) is 4.96. The Morgan fingerprint density at radius 3 is 2.17 bits per heavy atom. The summed E-state index contributed by atoms with van der Waals surface area (Å²) in [5, 5.41) is 0. The highest BCUT2D eigenvalue weighted by atomic mass is 32.2. The van der Waals surface area contributed by atoms with E-state index in [-0.39, 0.29) is 4.90 Å². The minimum atomic E-state index is -4.33. The highest BCUT2D eigenvalue weighted by molar-refractivity contribution is 7.85. The Hall–Kier alpha value is -2.38. The summed E-state index contributed by atoms with van der Waals surface area (Å²) in [5.74, 6) is 5.73. The van der Waals surface area contributed by atoms with Crippen molar-refractivity contribution < 1.29 is 17.4 Å². The number of imidazole rings is 1. The number of aromatic nitrogens is 2. The fourth-order valence-electron chi connectivity index (χ4n) is 2.77. The van der Waals surface area contributed by atoms with Crippen LogP contribution in [0.2, 0.25) is 0 Å². The number of nitrogens with zero attached hydrogens (tertiary/aromatic N) is 2. The van der Waals surface area contributed by atoms with Crippen molar-refractivity contribution in [2.45, 2.75) is 32.6 Å². The van der Waals surface area contributed by atoms with Gasteiger partial charge in [-0.2, -0.15) is 0 Å². The van der Waals surface area contributed by atoms with Crippen LogP contribution in [0.5, 0.6) is 0 Å². The molecule has 6 nitrogen and oxygen atoms in total. The highest BCUT2D eigenvalue weighted by Gasteiger charge is 2.10. The van der Waals surface area contributed by atoms with Gasteiger partial charge in [-0.25, -0.2) is 12.8 Å². The molecular weight excluding hydrogens is 326 g/mol. The molecule has 7 heteroatoms. The normalized spacial score (nSPS) is 11.2. The van der Waals surface area contributed by atoms with Crippen LogP contribution in [0.1, 0.15) is 22.4 Å². The monoisotopic (exact) mass is 347 g/mol. The Balaban J connectivity index is 0.000000175. The zero-order chi connectivity index (χ0) is 18.1. The van der Waals surface area contributed by atoms with Gasteiger partial charge in [0.15, 0.2) is 5.69 Å². The second-order valence-electron chi connectivity index (χ2n) is 5.79. The number of hydrogen-bond donors (Lipinski definition) is 1. The fourth-order valence-corrected chi connectivity index (χ4v) is 3.67. The van der Waals surface area contributed by atoms with Crippen molar-refractivity contribution in [1.29, 1.82) is 0 Å². The molecule has 2 N–H and O–H groups in total. The summed E-state index contributed by atoms with van der Waals surface area (Å²) in [7, 11) is -4.33. The summed E-state index contributed by atoms with van der Waals surface area (Å²) in [6.07, 6.45) is 3.97. The van der Waals surface area contributed by atoms with E-state index in [2.05, 4.69) is 0 Å². The molecule has 0 fully saturated rings. The molecule has 24 heavy (non-hydrogen) atoms. The van der Waals surface area contributed by atoms with Crippen molar-refractivity contribution in [3.63, 3.8) is 0 Å². The van der Waals surface area contributed by atoms with Gasteiger partial charge in [-0.15, -0.1) is 4.68 Å². The lowest BCUT2D eigenvalue weighted by Crippen LogP contribution is -2.20. The van der Waals surface area contributed by atoms with E-state index >= 15 is 0 Å². The molecular formula is C17H21N3O3S. The zero-order valence-corrected chi connectivity index (χ0v) is 15.0. The molecule has 0 aliphatic heterocycles. The first kappa shape index (κ1) is 18.0. The number of pyridine rings is 1. The lowest BCUT2D eigenvalue weighted by Gasteiger charge is -2.14. The zero-order valence-electron chi connectivity index (χ0n) is 14.1. The Labute approximate surface area is 141 Å². The predicted molar refractivity (Wildman–Crippen MR) is 91.1 cm³/mol. The van der Waals surface area contributed by atoms with Crippen LogP contribution in [0.15, 0.2) is 47.6 Å². The van der Waals surface area contributed by atoms with Gasteiger partial charge in [0.05, 0.1) is 11.1 Å². The van der Waals surface area contributed by atoms with Crippen molar-refractivity contribution >= 4 is 15.8 Å². The number of benzene rings is 1. The highest BCUT2D eigenvalue weighted by Crippen LogP contribution is 2.20. The van der Waals surface area contributed by atoms with E-state index in [4.69, 9.17) is 5.84 Å². The molecule has 0 amide bonds. The number of aryl methyl sites for hydroxylation is 4. The third-order valence-corrected chi connectivity index (χ3v) is 4.82. The topological polar surface area (TPSA) is 92.2 Å². The molecule has 0 saturated heterocycles. The first-order chi connectivity index (χ1) is 11.1. The van der Waals surface area contributed by atoms with E-state index in [0.29, 0.717) is 11.1 Å². The summed E-state index contributed by atoms with van der Waals surface area (Å²) in [6, 6.07) is 9.31. The van der Waals surface area contributed by atoms with Crippen molar-refractivity contribution in [2.75, 3.05) is 5.84 Å². The maximum Gasteiger partial charge on any atom is 0.309 e. The average molecular weight is 347 g/mol. The third-order valence-electron chi connectivity index (χ3n) is 3.68. The van der Waals surface area contributed by atoms with Gasteiger partial charge >= 0.3 is 5.65 Å². The lowest BCUT2D eigenvalue weighted by atomic mass is 10.1. The van der Waals surface area contributed by atoms with E-state index < -0.39 is 10.1 Å². The molecule has 3 aromatic rings. The largest absolute Gasteiger partial charge is 0.744 e. The van der Waals surface area contributed by atoms with Gasteiger partial charge in [-0.05, 0) is 38.0 Å². The molecule has 0 spiro atoms. The van der Waals surface area contributed by atoms with Crippen molar-refractivity contribution in [2.24, 2.45) is 0 Å². The molecule has 1 aromatic carbocycles. The predicted octanol–water partition coefficient (Wildman–Crippen LogP) is 1.76. The first-order valence-electron chi connectivity index (χ1n) is 7.38. The molecule has 0 aliphatic rings. The van der Waals surface area contributed by atoms with E-state index in [9.17, 15) is 13.0 Å². The number of fused-ring (bicyclic) bond motifs is 1. The van der Waals surface area contributed by atoms with Crippen LogP contribution in [0.25, 0.3) is 5.65 Å². The molecule has 2 heterocycles. The van der Waals surface area contributed by atoms with Crippen molar-refractivity contribution in [3.8, 4) is 0 Å². The van der Waals surface area contributed by atoms with E-state index in [1.807, 2.05) is 48.8 Å². The van der Waals surface area contributed by atoms with Gasteiger partial charge in [-0.1, -0.05) is 23.8 Å². The third kappa shape index (κ3) is 3.74. The number of nitrogen functional groups attached to an aromatic ring is 1. The summed E-state index contributed by atoms with van der Waals surface area (Å²) in [5.41, 5.74) is 4.06. The molecule has 0 unspecified atom stereocenters. The Morgan fingerprint density at radius 1 is 1.08 bits per heavy atom. The molecule has 0 aliphatic carbocycles. The summed E-state index contributed by atoms with van der Waals surface area (Å²) in [6.45, 7) is 7.10. The van der Waals surface area contributed by atoms with Crippen LogP contribution in [0, 0.1) is 27.7 Å². The number of nitrogens with two attached hydrogens (primary N) is 1. The summed E-state index contributed by atoms with van der Waals surface area (Å²) < 4.78 is 36.2. The van der Waals surface area contributed by atoms with E-state index in [1.54, 1.807) is 30.7 Å². The van der Waals surface area contributed by atoms with Gasteiger partial charge in [0.1, 0.15) is 16.3 Å². The SMILES string of the molecule is Cc1c[n+]2ccccc2n1N.Cc1cc(C)c(S(=O)(=O)[O-])c(C)c1. The second-order valence-corrected chi connectivity index (χ2v) is 7.11. The molecule has 128 valence electrons. The van der Waals surface area contributed by atoms with Gasteiger partial charge in [0.2, 0.25) is 0 Å². The van der Waals surface area contributed by atoms with Gasteiger partial charge in [0, 0.05) is 13.0 Å². The quantitative estimate of drug-likeness (QED) is 0.412.